The summed E-state index contributed by atoms with van der Waals surface area (Å²) >= 11 is 0. The summed E-state index contributed by atoms with van der Waals surface area (Å²) in [4.78, 5) is 23.7. The largest absolute Gasteiger partial charge is 0.481 e. The van der Waals surface area contributed by atoms with Gasteiger partial charge >= 0.3 is 12.1 Å². The van der Waals surface area contributed by atoms with Crippen LogP contribution in [-0.4, -0.2) is 29.3 Å². The van der Waals surface area contributed by atoms with E-state index < -0.39 is 23.1 Å². The van der Waals surface area contributed by atoms with Gasteiger partial charge in [-0.25, -0.2) is 4.79 Å². The van der Waals surface area contributed by atoms with E-state index in [-0.39, 0.29) is 12.5 Å². The lowest BCUT2D eigenvalue weighted by atomic mass is 9.73. The summed E-state index contributed by atoms with van der Waals surface area (Å²) in [6.45, 7) is 11.4. The highest BCUT2D eigenvalue weighted by Crippen LogP contribution is 2.34. The predicted molar refractivity (Wildman–Crippen MR) is 92.5 cm³/mol. The van der Waals surface area contributed by atoms with E-state index in [1.54, 1.807) is 20.8 Å². The Balaban J connectivity index is 4.73. The van der Waals surface area contributed by atoms with Crippen molar-refractivity contribution in [3.63, 3.8) is 0 Å². The monoisotopic (exact) mass is 329 g/mol. The lowest BCUT2D eigenvalue weighted by Gasteiger charge is -2.34. The minimum Gasteiger partial charge on any atom is -0.481 e. The van der Waals surface area contributed by atoms with Gasteiger partial charge in [0.25, 0.3) is 0 Å². The maximum atomic E-state index is 11.9. The molecule has 1 unspecified atom stereocenters. The molecule has 0 aromatic heterocycles. The molecule has 0 rings (SSSR count). The van der Waals surface area contributed by atoms with Gasteiger partial charge in [-0.15, -0.1) is 0 Å². The Hall–Kier alpha value is -1.26. The van der Waals surface area contributed by atoms with E-state index in [9.17, 15) is 14.7 Å². The number of carbonyl (C=O) groups excluding carboxylic acids is 1. The van der Waals surface area contributed by atoms with Crippen molar-refractivity contribution in [2.24, 2.45) is 11.3 Å². The fraction of sp³-hybridized carbons (Fsp3) is 0.889. The van der Waals surface area contributed by atoms with Gasteiger partial charge in [-0.05, 0) is 33.1 Å². The zero-order valence-electron chi connectivity index (χ0n) is 15.7. The molecule has 0 heterocycles. The highest BCUT2D eigenvalue weighted by Gasteiger charge is 2.41. The number of rotatable bonds is 10. The molecule has 1 amide bonds. The van der Waals surface area contributed by atoms with Crippen molar-refractivity contribution in [2.45, 2.75) is 85.7 Å². The first-order valence-electron chi connectivity index (χ1n) is 8.75. The van der Waals surface area contributed by atoms with Crippen molar-refractivity contribution >= 4 is 12.1 Å². The zero-order valence-corrected chi connectivity index (χ0v) is 15.7. The van der Waals surface area contributed by atoms with Crippen LogP contribution in [0.1, 0.15) is 80.1 Å². The summed E-state index contributed by atoms with van der Waals surface area (Å²) in [6.07, 6.45) is 5.37. The Bertz CT molecular complexity index is 374. The van der Waals surface area contributed by atoms with Crippen LogP contribution in [0.4, 0.5) is 4.79 Å². The van der Waals surface area contributed by atoms with Gasteiger partial charge in [-0.3, -0.25) is 4.79 Å². The minimum atomic E-state index is -0.941. The summed E-state index contributed by atoms with van der Waals surface area (Å²) in [5.74, 6) is -0.917. The SMILES string of the molecule is CCCCCCCC(CNC(=O)OC(C)(C)C)(C(=O)O)C(C)C. The smallest absolute Gasteiger partial charge is 0.407 e. The summed E-state index contributed by atoms with van der Waals surface area (Å²) < 4.78 is 5.21. The molecule has 0 saturated carbocycles. The summed E-state index contributed by atoms with van der Waals surface area (Å²) in [5.41, 5.74) is -1.53. The number of nitrogens with one attached hydrogen (secondary N) is 1. The average Bonchev–Trinajstić information content (AvgIpc) is 2.39. The molecule has 0 fully saturated rings. The van der Waals surface area contributed by atoms with Gasteiger partial charge in [-0.1, -0.05) is 52.9 Å². The number of aliphatic carboxylic acids is 1. The fourth-order valence-corrected chi connectivity index (χ4v) is 2.60. The molecule has 2 N–H and O–H groups in total. The van der Waals surface area contributed by atoms with Gasteiger partial charge in [0.2, 0.25) is 0 Å². The third-order valence-electron chi connectivity index (χ3n) is 4.20. The van der Waals surface area contributed by atoms with Crippen LogP contribution in [0.5, 0.6) is 0 Å². The molecule has 0 bridgehead atoms. The van der Waals surface area contributed by atoms with E-state index >= 15 is 0 Å². The van der Waals surface area contributed by atoms with Crippen molar-refractivity contribution < 1.29 is 19.4 Å². The van der Waals surface area contributed by atoms with Gasteiger partial charge in [-0.2, -0.15) is 0 Å². The van der Waals surface area contributed by atoms with Crippen molar-refractivity contribution in [1.82, 2.24) is 5.32 Å². The number of ether oxygens (including phenoxy) is 1. The molecule has 136 valence electrons. The maximum absolute atomic E-state index is 11.9. The second-order valence-electron chi connectivity index (χ2n) is 7.64. The van der Waals surface area contributed by atoms with Crippen LogP contribution in [0, 0.1) is 11.3 Å². The summed E-state index contributed by atoms with van der Waals surface area (Å²) in [7, 11) is 0. The number of carbonyl (C=O) groups is 2. The molecule has 0 aliphatic rings. The molecule has 5 nitrogen and oxygen atoms in total. The van der Waals surface area contributed by atoms with Crippen molar-refractivity contribution in [1.29, 1.82) is 0 Å². The van der Waals surface area contributed by atoms with Crippen LogP contribution in [0.25, 0.3) is 0 Å². The second kappa shape index (κ2) is 9.78. The van der Waals surface area contributed by atoms with E-state index in [0.717, 1.165) is 25.7 Å². The van der Waals surface area contributed by atoms with Crippen LogP contribution in [-0.2, 0) is 9.53 Å². The number of unbranched alkanes of at least 4 members (excludes halogenated alkanes) is 4. The quantitative estimate of drug-likeness (QED) is 0.574. The first kappa shape index (κ1) is 21.7. The van der Waals surface area contributed by atoms with Crippen LogP contribution < -0.4 is 5.32 Å². The number of carboxylic acids is 1. The average molecular weight is 329 g/mol. The molecular formula is C18H35NO4. The molecule has 23 heavy (non-hydrogen) atoms. The number of alkyl carbamates (subject to hydrolysis) is 1. The Morgan fingerprint density at radius 1 is 1.09 bits per heavy atom. The molecule has 0 aliphatic carbocycles. The van der Waals surface area contributed by atoms with Crippen LogP contribution in [0.3, 0.4) is 0 Å². The minimum absolute atomic E-state index is 0.0684. The van der Waals surface area contributed by atoms with Gasteiger partial charge in [0.05, 0.1) is 5.41 Å². The molecule has 0 saturated heterocycles. The van der Waals surface area contributed by atoms with Crippen molar-refractivity contribution in [2.75, 3.05) is 6.54 Å². The molecular weight excluding hydrogens is 294 g/mol. The second-order valence-corrected chi connectivity index (χ2v) is 7.64. The Morgan fingerprint density at radius 2 is 1.65 bits per heavy atom. The van der Waals surface area contributed by atoms with E-state index in [1.165, 1.54) is 6.42 Å². The number of amides is 1. The number of carboxylic acid groups (broad SMARTS) is 1. The topological polar surface area (TPSA) is 75.6 Å². The third-order valence-corrected chi connectivity index (χ3v) is 4.20. The molecule has 5 heteroatoms. The Labute approximate surface area is 141 Å². The summed E-state index contributed by atoms with van der Waals surface area (Å²) in [5, 5.41) is 12.4. The molecule has 0 aliphatic heterocycles. The van der Waals surface area contributed by atoms with Gasteiger partial charge in [0.1, 0.15) is 5.60 Å². The third kappa shape index (κ3) is 8.24. The predicted octanol–water partition coefficient (Wildman–Crippen LogP) is 4.60. The molecule has 0 radical (unpaired) electrons. The fourth-order valence-electron chi connectivity index (χ4n) is 2.60. The Morgan fingerprint density at radius 3 is 2.09 bits per heavy atom. The molecule has 0 aromatic rings. The van der Waals surface area contributed by atoms with Crippen LogP contribution >= 0.6 is 0 Å². The van der Waals surface area contributed by atoms with E-state index in [1.807, 2.05) is 13.8 Å². The first-order chi connectivity index (χ1) is 10.5. The molecule has 1 atom stereocenters. The normalized spacial score (nSPS) is 14.4. The maximum Gasteiger partial charge on any atom is 0.407 e. The van der Waals surface area contributed by atoms with Crippen LogP contribution in [0.15, 0.2) is 0 Å². The highest BCUT2D eigenvalue weighted by atomic mass is 16.6. The first-order valence-corrected chi connectivity index (χ1v) is 8.75. The van der Waals surface area contributed by atoms with Crippen molar-refractivity contribution in [3.8, 4) is 0 Å². The number of hydrogen-bond acceptors (Lipinski definition) is 3. The molecule has 0 aromatic carbocycles. The van der Waals surface area contributed by atoms with Crippen molar-refractivity contribution in [3.05, 3.63) is 0 Å². The van der Waals surface area contributed by atoms with E-state index in [0.29, 0.717) is 6.42 Å². The van der Waals surface area contributed by atoms with Gasteiger partial charge in [0, 0.05) is 6.54 Å². The van der Waals surface area contributed by atoms with E-state index in [4.69, 9.17) is 4.74 Å². The zero-order chi connectivity index (χ0) is 18.1. The molecule has 0 spiro atoms. The van der Waals surface area contributed by atoms with Gasteiger partial charge < -0.3 is 15.2 Å². The lowest BCUT2D eigenvalue weighted by molar-refractivity contribution is -0.152. The Kier molecular flexibility index (Phi) is 9.25. The number of hydrogen-bond donors (Lipinski definition) is 2. The highest BCUT2D eigenvalue weighted by molar-refractivity contribution is 5.76. The van der Waals surface area contributed by atoms with E-state index in [2.05, 4.69) is 12.2 Å². The van der Waals surface area contributed by atoms with Crippen LogP contribution in [0.2, 0.25) is 0 Å². The van der Waals surface area contributed by atoms with Gasteiger partial charge in [0.15, 0.2) is 0 Å². The lowest BCUT2D eigenvalue weighted by Crippen LogP contribution is -2.47. The summed E-state index contributed by atoms with van der Waals surface area (Å²) in [6, 6.07) is 0. The standard InChI is InChI=1S/C18H35NO4/c1-7-8-9-10-11-12-18(14(2)3,15(20)21)13-19-16(22)23-17(4,5)6/h14H,7-13H2,1-6H3,(H,19,22)(H,20,21).